The molecule has 3 saturated heterocycles. The zero-order valence-electron chi connectivity index (χ0n) is 26.4. The minimum Gasteiger partial charge on any atom is -0.482 e. The number of carbonyl (C=O) groups excluding carboxylic acids is 2. The van der Waals surface area contributed by atoms with Gasteiger partial charge in [0.05, 0.1) is 42.2 Å². The van der Waals surface area contributed by atoms with Crippen molar-refractivity contribution in [2.24, 2.45) is 17.6 Å². The number of amides is 3. The first-order valence-electron chi connectivity index (χ1n) is 16.3. The number of imidazole rings is 1. The molecule has 3 aliphatic heterocycles. The summed E-state index contributed by atoms with van der Waals surface area (Å²) < 4.78 is 10.1. The summed E-state index contributed by atoms with van der Waals surface area (Å²) in [6, 6.07) is 11.9. The molecule has 0 unspecified atom stereocenters. The normalized spacial score (nSPS) is 23.2. The van der Waals surface area contributed by atoms with Gasteiger partial charge < -0.3 is 30.2 Å². The molecule has 4 aromatic rings. The number of nitrogens with zero attached hydrogens (tertiary/aromatic N) is 7. The van der Waals surface area contributed by atoms with E-state index >= 15 is 0 Å². The van der Waals surface area contributed by atoms with Crippen molar-refractivity contribution >= 4 is 28.6 Å². The van der Waals surface area contributed by atoms with Crippen LogP contribution in [0.3, 0.4) is 0 Å². The third-order valence-corrected chi connectivity index (χ3v) is 10.5. The molecule has 0 radical (unpaired) electrons. The number of pyridine rings is 2. The second-order valence-corrected chi connectivity index (χ2v) is 13.6. The number of hydrogen-bond donors (Lipinski definition) is 2. The Morgan fingerprint density at radius 3 is 2.63 bits per heavy atom. The van der Waals surface area contributed by atoms with Gasteiger partial charge in [-0.05, 0) is 76.1 Å². The van der Waals surface area contributed by atoms with Crippen LogP contribution in [0.25, 0.3) is 28.1 Å². The highest BCUT2D eigenvalue weighted by Crippen LogP contribution is 2.40. The van der Waals surface area contributed by atoms with Crippen molar-refractivity contribution in [3.8, 4) is 23.3 Å². The molecule has 3 N–H and O–H groups in total. The number of fused-ring (bicyclic) bond motifs is 4. The topological polar surface area (TPSA) is 147 Å². The fourth-order valence-corrected chi connectivity index (χ4v) is 7.69. The quantitative estimate of drug-likeness (QED) is 0.317. The largest absolute Gasteiger partial charge is 0.482 e. The van der Waals surface area contributed by atoms with Gasteiger partial charge in [-0.25, -0.2) is 14.8 Å². The summed E-state index contributed by atoms with van der Waals surface area (Å²) in [5.41, 5.74) is 11.9. The summed E-state index contributed by atoms with van der Waals surface area (Å²) in [5.74, 6) is 1.04. The van der Waals surface area contributed by atoms with E-state index in [2.05, 4.69) is 28.1 Å². The van der Waals surface area contributed by atoms with Crippen LogP contribution in [0.5, 0.6) is 5.88 Å². The Morgan fingerprint density at radius 1 is 1.15 bits per heavy atom. The number of nitrogens with two attached hydrogens (primary N) is 1. The zero-order chi connectivity index (χ0) is 31.9. The van der Waals surface area contributed by atoms with Gasteiger partial charge in [0.15, 0.2) is 5.88 Å². The third-order valence-electron chi connectivity index (χ3n) is 10.5. The highest BCUT2D eigenvalue weighted by atomic mass is 16.5. The first kappa shape index (κ1) is 28.8. The second-order valence-electron chi connectivity index (χ2n) is 13.6. The van der Waals surface area contributed by atoms with Crippen molar-refractivity contribution in [2.75, 3.05) is 20.2 Å². The molecule has 4 fully saturated rings. The molecule has 4 aliphatic rings. The molecule has 46 heavy (non-hydrogen) atoms. The van der Waals surface area contributed by atoms with Crippen molar-refractivity contribution < 1.29 is 14.3 Å². The van der Waals surface area contributed by atoms with Crippen molar-refractivity contribution in [2.45, 2.75) is 76.7 Å². The molecule has 0 aromatic carbocycles. The van der Waals surface area contributed by atoms with Crippen LogP contribution in [-0.4, -0.2) is 79.0 Å². The lowest BCUT2D eigenvalue weighted by atomic mass is 9.97. The Hall–Kier alpha value is -4.63. The standard InChI is InChI=1S/C34H39N9O3/c1-18(37-34(45)40-15-21(14-35)16-40)26-8-6-22-10-28(41(32(22)38-26)17-20-4-5-20)31-19(2)42-29(39-31)11-23(12-30(42)46-3)33(44)43-24-7-9-27(43)25(36)13-24/h6,8,10-12,18,20-21,24-25,27H,4-5,7,9,13,15-17,36H2,1-3H3,(H,37,45)/t18-,24+,25-,27-/m1/s1. The lowest BCUT2D eigenvalue weighted by Gasteiger charge is -2.35. The molecule has 2 bridgehead atoms. The van der Waals surface area contributed by atoms with Crippen LogP contribution in [0.1, 0.15) is 66.8 Å². The van der Waals surface area contributed by atoms with Crippen LogP contribution < -0.4 is 15.8 Å². The van der Waals surface area contributed by atoms with Crippen molar-refractivity contribution in [3.63, 3.8) is 0 Å². The summed E-state index contributed by atoms with van der Waals surface area (Å²) in [7, 11) is 1.62. The molecular formula is C34H39N9O3. The van der Waals surface area contributed by atoms with Crippen molar-refractivity contribution in [1.82, 2.24) is 34.1 Å². The van der Waals surface area contributed by atoms with E-state index in [-0.39, 0.29) is 42.0 Å². The number of methoxy groups -OCH3 is 1. The molecule has 1 saturated carbocycles. The molecule has 3 amide bonds. The lowest BCUT2D eigenvalue weighted by molar-refractivity contribution is 0.0726. The Morgan fingerprint density at radius 2 is 1.96 bits per heavy atom. The number of rotatable bonds is 7. The minimum absolute atomic E-state index is 0.0109. The summed E-state index contributed by atoms with van der Waals surface area (Å²) in [4.78, 5) is 40.3. The first-order chi connectivity index (χ1) is 22.2. The van der Waals surface area contributed by atoms with Gasteiger partial charge in [0, 0.05) is 54.8 Å². The Balaban J connectivity index is 1.15. The maximum absolute atomic E-state index is 13.8. The van der Waals surface area contributed by atoms with Crippen molar-refractivity contribution in [3.05, 3.63) is 47.3 Å². The predicted molar refractivity (Wildman–Crippen MR) is 171 cm³/mol. The molecular weight excluding hydrogens is 582 g/mol. The number of nitrogens with one attached hydrogen (secondary N) is 1. The molecule has 7 heterocycles. The summed E-state index contributed by atoms with van der Waals surface area (Å²) in [5, 5.41) is 13.1. The molecule has 1 aliphatic carbocycles. The van der Waals surface area contributed by atoms with E-state index in [1.54, 1.807) is 12.0 Å². The monoisotopic (exact) mass is 621 g/mol. The number of aromatic nitrogens is 4. The van der Waals surface area contributed by atoms with Gasteiger partial charge >= 0.3 is 6.03 Å². The summed E-state index contributed by atoms with van der Waals surface area (Å²) in [6.07, 6.45) is 5.17. The summed E-state index contributed by atoms with van der Waals surface area (Å²) in [6.45, 7) is 5.71. The Labute approximate surface area is 267 Å². The SMILES string of the molecule is COc1cc(C(=O)N2[C@H]3CC[C@@H]2[C@H](N)C3)cc2nc(-c3cc4ccc([C@@H](C)NC(=O)N5CC(C#N)C5)nc4n3CC3CC3)c(C)n12. The number of urea groups is 1. The molecule has 12 heteroatoms. The third kappa shape index (κ3) is 4.59. The van der Waals surface area contributed by atoms with Crippen LogP contribution >= 0.6 is 0 Å². The number of likely N-dealkylation sites (tertiary alicyclic amines) is 1. The molecule has 4 atom stereocenters. The van der Waals surface area contributed by atoms with E-state index < -0.39 is 0 Å². The molecule has 4 aromatic heterocycles. The number of carbonyl (C=O) groups is 2. The van der Waals surface area contributed by atoms with Gasteiger partial charge in [0.25, 0.3) is 5.91 Å². The van der Waals surface area contributed by atoms with E-state index in [1.807, 2.05) is 41.3 Å². The van der Waals surface area contributed by atoms with E-state index in [1.165, 1.54) is 12.8 Å². The Kier molecular flexibility index (Phi) is 6.72. The van der Waals surface area contributed by atoms with Crippen molar-refractivity contribution in [1.29, 1.82) is 5.26 Å². The van der Waals surface area contributed by atoms with Crippen LogP contribution in [0.15, 0.2) is 30.3 Å². The van der Waals surface area contributed by atoms with Crippen LogP contribution in [-0.2, 0) is 6.54 Å². The number of nitriles is 1. The zero-order valence-corrected chi connectivity index (χ0v) is 26.4. The highest BCUT2D eigenvalue weighted by molar-refractivity contribution is 5.97. The summed E-state index contributed by atoms with van der Waals surface area (Å²) >= 11 is 0. The van der Waals surface area contributed by atoms with Gasteiger partial charge in [0.2, 0.25) is 0 Å². The van der Waals surface area contributed by atoms with Crippen LogP contribution in [0, 0.1) is 30.1 Å². The Bertz CT molecular complexity index is 1930. The van der Waals surface area contributed by atoms with E-state index in [9.17, 15) is 9.59 Å². The number of aryl methyl sites for hydroxylation is 1. The lowest BCUT2D eigenvalue weighted by Crippen LogP contribution is -2.53. The number of hydrogen-bond acceptors (Lipinski definition) is 7. The average Bonchev–Trinajstić information content (AvgIpc) is 3.34. The van der Waals surface area contributed by atoms with E-state index in [0.717, 1.165) is 59.6 Å². The first-order valence-corrected chi connectivity index (χ1v) is 16.3. The fourth-order valence-electron chi connectivity index (χ4n) is 7.69. The predicted octanol–water partition coefficient (Wildman–Crippen LogP) is 4.01. The molecule has 238 valence electrons. The van der Waals surface area contributed by atoms with Gasteiger partial charge in [-0.15, -0.1) is 0 Å². The van der Waals surface area contributed by atoms with Gasteiger partial charge in [-0.3, -0.25) is 9.20 Å². The van der Waals surface area contributed by atoms with Gasteiger partial charge in [0.1, 0.15) is 17.0 Å². The molecule has 0 spiro atoms. The number of ether oxygens (including phenoxy) is 1. The average molecular weight is 622 g/mol. The maximum Gasteiger partial charge on any atom is 0.318 e. The van der Waals surface area contributed by atoms with Gasteiger partial charge in [-0.2, -0.15) is 5.26 Å². The molecule has 12 nitrogen and oxygen atoms in total. The second kappa shape index (κ2) is 10.7. The van der Waals surface area contributed by atoms with E-state index in [4.69, 9.17) is 25.7 Å². The van der Waals surface area contributed by atoms with E-state index in [0.29, 0.717) is 36.1 Å². The maximum atomic E-state index is 13.8. The minimum atomic E-state index is -0.302. The fraction of sp³-hybridized carbons (Fsp3) is 0.500. The van der Waals surface area contributed by atoms with Gasteiger partial charge in [-0.1, -0.05) is 0 Å². The highest BCUT2D eigenvalue weighted by Gasteiger charge is 2.47. The smallest absolute Gasteiger partial charge is 0.318 e. The molecule has 8 rings (SSSR count). The van der Waals surface area contributed by atoms with Crippen LogP contribution in [0.2, 0.25) is 0 Å². The van der Waals surface area contributed by atoms with Crippen LogP contribution in [0.4, 0.5) is 4.79 Å².